The average molecular weight is 260 g/mol. The number of para-hydroxylation sites is 2. The van der Waals surface area contributed by atoms with Gasteiger partial charge in [0.25, 0.3) is 0 Å². The van der Waals surface area contributed by atoms with Gasteiger partial charge in [-0.05, 0) is 23.9 Å². The zero-order chi connectivity index (χ0) is 11.9. The zero-order valence-electron chi connectivity index (χ0n) is 9.50. The number of nitrogens with one attached hydrogen (secondary N) is 1. The standard InChI is InChI=1S/C13H13N2PS/c1-15-13-10-6-5-9-12(13)14-16(15,17)11-7-3-2-4-8-11/h2-10H,1H3,(H,14,17). The molecule has 86 valence electrons. The Morgan fingerprint density at radius 2 is 1.65 bits per heavy atom. The molecule has 0 spiro atoms. The van der Waals surface area contributed by atoms with Crippen LogP contribution >= 0.6 is 6.34 Å². The first-order valence-electron chi connectivity index (χ1n) is 5.49. The molecule has 1 N–H and O–H groups in total. The van der Waals surface area contributed by atoms with Crippen LogP contribution in [0.1, 0.15) is 0 Å². The Balaban J connectivity index is 2.12. The van der Waals surface area contributed by atoms with E-state index in [1.807, 2.05) is 30.3 Å². The molecule has 0 saturated heterocycles. The number of fused-ring (bicyclic) bond motifs is 1. The summed E-state index contributed by atoms with van der Waals surface area (Å²) in [6.07, 6.45) is -1.88. The average Bonchev–Trinajstić information content (AvgIpc) is 2.65. The van der Waals surface area contributed by atoms with Crippen molar-refractivity contribution < 1.29 is 0 Å². The third kappa shape index (κ3) is 1.58. The Bertz CT molecular complexity index is 597. The van der Waals surface area contributed by atoms with Crippen molar-refractivity contribution in [3.63, 3.8) is 0 Å². The first kappa shape index (κ1) is 10.8. The van der Waals surface area contributed by atoms with E-state index < -0.39 is 6.34 Å². The van der Waals surface area contributed by atoms with Crippen LogP contribution in [0.3, 0.4) is 0 Å². The maximum absolute atomic E-state index is 5.89. The minimum Gasteiger partial charge on any atom is -0.337 e. The smallest absolute Gasteiger partial charge is 0.150 e. The van der Waals surface area contributed by atoms with Gasteiger partial charge in [-0.3, -0.25) is 0 Å². The van der Waals surface area contributed by atoms with Crippen molar-refractivity contribution in [1.29, 1.82) is 0 Å². The monoisotopic (exact) mass is 260 g/mol. The van der Waals surface area contributed by atoms with E-state index in [-0.39, 0.29) is 0 Å². The van der Waals surface area contributed by atoms with Crippen molar-refractivity contribution in [1.82, 2.24) is 0 Å². The SMILES string of the molecule is CN1c2ccccc2NP1(=S)c1ccccc1. The lowest BCUT2D eigenvalue weighted by atomic mass is 10.3. The number of hydrogen-bond donors (Lipinski definition) is 1. The van der Waals surface area contributed by atoms with Crippen LogP contribution in [0.15, 0.2) is 54.6 Å². The Hall–Kier alpha value is -1.31. The summed E-state index contributed by atoms with van der Waals surface area (Å²) >= 11 is 5.89. The number of hydrogen-bond acceptors (Lipinski definition) is 1. The van der Waals surface area contributed by atoms with E-state index in [9.17, 15) is 0 Å². The van der Waals surface area contributed by atoms with Crippen LogP contribution in [0.2, 0.25) is 0 Å². The summed E-state index contributed by atoms with van der Waals surface area (Å²) in [7, 11) is 2.08. The number of anilines is 2. The highest BCUT2D eigenvalue weighted by atomic mass is 32.4. The number of nitrogens with zero attached hydrogens (tertiary/aromatic N) is 1. The predicted octanol–water partition coefficient (Wildman–Crippen LogP) is 3.18. The van der Waals surface area contributed by atoms with Crippen molar-refractivity contribution in [2.45, 2.75) is 0 Å². The Morgan fingerprint density at radius 3 is 2.35 bits per heavy atom. The van der Waals surface area contributed by atoms with E-state index >= 15 is 0 Å². The molecule has 2 nitrogen and oxygen atoms in total. The zero-order valence-corrected chi connectivity index (χ0v) is 11.2. The van der Waals surface area contributed by atoms with Crippen LogP contribution in [0.4, 0.5) is 11.4 Å². The lowest BCUT2D eigenvalue weighted by Crippen LogP contribution is -2.20. The molecule has 0 fully saturated rings. The molecule has 3 rings (SSSR count). The highest BCUT2D eigenvalue weighted by Crippen LogP contribution is 2.58. The highest BCUT2D eigenvalue weighted by Gasteiger charge is 2.33. The van der Waals surface area contributed by atoms with Gasteiger partial charge < -0.3 is 9.76 Å². The summed E-state index contributed by atoms with van der Waals surface area (Å²) in [6, 6.07) is 18.6. The quantitative estimate of drug-likeness (QED) is 0.793. The summed E-state index contributed by atoms with van der Waals surface area (Å²) in [4.78, 5) is 0. The fourth-order valence-electron chi connectivity index (χ4n) is 2.11. The van der Waals surface area contributed by atoms with Crippen LogP contribution < -0.4 is 15.1 Å². The first-order valence-corrected chi connectivity index (χ1v) is 8.24. The van der Waals surface area contributed by atoms with Crippen LogP contribution in [0, 0.1) is 0 Å². The second kappa shape index (κ2) is 3.86. The summed E-state index contributed by atoms with van der Waals surface area (Å²) < 4.78 is 2.22. The predicted molar refractivity (Wildman–Crippen MR) is 78.8 cm³/mol. The first-order chi connectivity index (χ1) is 8.22. The van der Waals surface area contributed by atoms with Crippen molar-refractivity contribution >= 4 is 34.8 Å². The van der Waals surface area contributed by atoms with Gasteiger partial charge >= 0.3 is 0 Å². The Labute approximate surface area is 106 Å². The minimum atomic E-state index is -1.88. The molecule has 2 aromatic carbocycles. The lowest BCUT2D eigenvalue weighted by molar-refractivity contribution is 1.37. The van der Waals surface area contributed by atoms with Gasteiger partial charge in [0.2, 0.25) is 0 Å². The molecule has 0 aromatic heterocycles. The van der Waals surface area contributed by atoms with E-state index in [4.69, 9.17) is 11.8 Å². The summed E-state index contributed by atoms with van der Waals surface area (Å²) in [5.74, 6) is 0. The minimum absolute atomic E-state index is 1.14. The molecule has 0 amide bonds. The largest absolute Gasteiger partial charge is 0.337 e. The van der Waals surface area contributed by atoms with Gasteiger partial charge in [-0.2, -0.15) is 0 Å². The van der Waals surface area contributed by atoms with Gasteiger partial charge in [0.1, 0.15) is 0 Å². The molecule has 1 unspecified atom stereocenters. The van der Waals surface area contributed by atoms with E-state index in [1.54, 1.807) is 0 Å². The van der Waals surface area contributed by atoms with Crippen LogP contribution in [-0.4, -0.2) is 7.05 Å². The van der Waals surface area contributed by atoms with Crippen LogP contribution in [0.25, 0.3) is 0 Å². The van der Waals surface area contributed by atoms with Crippen LogP contribution in [0.5, 0.6) is 0 Å². The molecular formula is C13H13N2PS. The molecule has 0 radical (unpaired) electrons. The fourth-order valence-corrected chi connectivity index (χ4v) is 5.23. The normalized spacial score (nSPS) is 22.1. The molecule has 2 aromatic rings. The Kier molecular flexibility index (Phi) is 2.46. The molecule has 17 heavy (non-hydrogen) atoms. The number of rotatable bonds is 1. The fraction of sp³-hybridized carbons (Fsp3) is 0.0769. The van der Waals surface area contributed by atoms with E-state index in [0.717, 1.165) is 5.69 Å². The second-order valence-electron chi connectivity index (χ2n) is 4.06. The Morgan fingerprint density at radius 1 is 1.00 bits per heavy atom. The molecule has 1 aliphatic heterocycles. The maximum Gasteiger partial charge on any atom is 0.150 e. The molecule has 1 atom stereocenters. The van der Waals surface area contributed by atoms with Gasteiger partial charge in [-0.15, -0.1) is 0 Å². The lowest BCUT2D eigenvalue weighted by Gasteiger charge is -2.26. The van der Waals surface area contributed by atoms with Crippen LogP contribution in [-0.2, 0) is 11.8 Å². The summed E-state index contributed by atoms with van der Waals surface area (Å²) in [5, 5.41) is 4.73. The molecular weight excluding hydrogens is 247 g/mol. The van der Waals surface area contributed by atoms with E-state index in [2.05, 4.69) is 41.1 Å². The van der Waals surface area contributed by atoms with Gasteiger partial charge in [0.15, 0.2) is 6.34 Å². The maximum atomic E-state index is 5.89. The number of benzene rings is 2. The molecule has 1 heterocycles. The molecule has 0 aliphatic carbocycles. The van der Waals surface area contributed by atoms with Gasteiger partial charge in [0, 0.05) is 12.4 Å². The van der Waals surface area contributed by atoms with Crippen molar-refractivity contribution in [3.8, 4) is 0 Å². The van der Waals surface area contributed by atoms with Crippen molar-refractivity contribution in [2.24, 2.45) is 0 Å². The van der Waals surface area contributed by atoms with E-state index in [0.29, 0.717) is 0 Å². The molecule has 0 saturated carbocycles. The third-order valence-electron chi connectivity index (χ3n) is 3.05. The second-order valence-corrected chi connectivity index (χ2v) is 8.14. The summed E-state index contributed by atoms with van der Waals surface area (Å²) in [6.45, 7) is 0. The molecule has 1 aliphatic rings. The highest BCUT2D eigenvalue weighted by molar-refractivity contribution is 8.19. The topological polar surface area (TPSA) is 15.3 Å². The van der Waals surface area contributed by atoms with Crippen molar-refractivity contribution in [2.75, 3.05) is 16.8 Å². The molecule has 4 heteroatoms. The van der Waals surface area contributed by atoms with E-state index in [1.165, 1.54) is 11.0 Å². The molecule has 0 bridgehead atoms. The summed E-state index contributed by atoms with van der Waals surface area (Å²) in [5.41, 5.74) is 2.34. The third-order valence-corrected chi connectivity index (χ3v) is 7.30. The van der Waals surface area contributed by atoms with Gasteiger partial charge in [0.05, 0.1) is 11.4 Å². The van der Waals surface area contributed by atoms with Gasteiger partial charge in [-0.1, -0.05) is 42.5 Å². The van der Waals surface area contributed by atoms with Gasteiger partial charge in [-0.25, -0.2) is 0 Å². The van der Waals surface area contributed by atoms with Crippen molar-refractivity contribution in [3.05, 3.63) is 54.6 Å².